The Morgan fingerprint density at radius 2 is 2.30 bits per heavy atom. The molecule has 1 aromatic carbocycles. The molecule has 1 heterocycles. The van der Waals surface area contributed by atoms with Gasteiger partial charge in [-0.15, -0.1) is 5.10 Å². The standard InChI is InChI=1S/C13H17N5O2/c1-9-3-4-12(20-2)11(5-9)18-8-10(16-17-18)7-15-13(19)6-14/h3-5,8H,6-7,14H2,1-2H3,(H,15,19). The molecule has 0 radical (unpaired) electrons. The van der Waals surface area contributed by atoms with Crippen molar-refractivity contribution >= 4 is 5.91 Å². The fourth-order valence-electron chi connectivity index (χ4n) is 1.74. The maximum atomic E-state index is 11.1. The largest absolute Gasteiger partial charge is 0.494 e. The molecule has 3 N–H and O–H groups in total. The van der Waals surface area contributed by atoms with Gasteiger partial charge in [0.15, 0.2) is 0 Å². The van der Waals surface area contributed by atoms with E-state index in [0.29, 0.717) is 18.0 Å². The Kier molecular flexibility index (Phi) is 4.31. The second-order valence-electron chi connectivity index (χ2n) is 4.31. The van der Waals surface area contributed by atoms with Gasteiger partial charge >= 0.3 is 0 Å². The number of nitrogens with two attached hydrogens (primary N) is 1. The molecule has 7 nitrogen and oxygen atoms in total. The van der Waals surface area contributed by atoms with Crippen molar-refractivity contribution in [1.82, 2.24) is 20.3 Å². The van der Waals surface area contributed by atoms with E-state index >= 15 is 0 Å². The van der Waals surface area contributed by atoms with Crippen molar-refractivity contribution in [3.05, 3.63) is 35.7 Å². The lowest BCUT2D eigenvalue weighted by molar-refractivity contribution is -0.119. The van der Waals surface area contributed by atoms with Crippen LogP contribution in [0.5, 0.6) is 5.75 Å². The van der Waals surface area contributed by atoms with E-state index in [4.69, 9.17) is 10.5 Å². The molecule has 0 aliphatic heterocycles. The predicted octanol–water partition coefficient (Wildman–Crippen LogP) is 0.159. The number of rotatable bonds is 5. The van der Waals surface area contributed by atoms with Crippen LogP contribution in [-0.4, -0.2) is 34.6 Å². The average Bonchev–Trinajstić information content (AvgIpc) is 2.93. The van der Waals surface area contributed by atoms with Gasteiger partial charge in [0.1, 0.15) is 17.1 Å². The van der Waals surface area contributed by atoms with Crippen molar-refractivity contribution in [2.45, 2.75) is 13.5 Å². The molecule has 1 aromatic heterocycles. The Hall–Kier alpha value is -2.41. The number of benzene rings is 1. The SMILES string of the molecule is COc1ccc(C)cc1-n1cc(CNC(=O)CN)nn1. The molecule has 0 unspecified atom stereocenters. The van der Waals surface area contributed by atoms with Gasteiger partial charge < -0.3 is 15.8 Å². The molecule has 2 rings (SSSR count). The topological polar surface area (TPSA) is 95.1 Å². The summed E-state index contributed by atoms with van der Waals surface area (Å²) < 4.78 is 6.93. The number of nitrogens with one attached hydrogen (secondary N) is 1. The van der Waals surface area contributed by atoms with Crippen molar-refractivity contribution in [3.63, 3.8) is 0 Å². The van der Waals surface area contributed by atoms with Gasteiger partial charge in [0, 0.05) is 0 Å². The number of aromatic nitrogens is 3. The van der Waals surface area contributed by atoms with Crippen LogP contribution in [0.25, 0.3) is 5.69 Å². The molecule has 0 spiro atoms. The summed E-state index contributed by atoms with van der Waals surface area (Å²) in [6.07, 6.45) is 1.74. The number of carbonyl (C=O) groups excluding carboxylic acids is 1. The highest BCUT2D eigenvalue weighted by atomic mass is 16.5. The van der Waals surface area contributed by atoms with Gasteiger partial charge in [-0.2, -0.15) is 0 Å². The number of hydrogen-bond acceptors (Lipinski definition) is 5. The first-order valence-corrected chi connectivity index (χ1v) is 6.17. The van der Waals surface area contributed by atoms with Crippen LogP contribution >= 0.6 is 0 Å². The van der Waals surface area contributed by atoms with E-state index in [0.717, 1.165) is 11.3 Å². The lowest BCUT2D eigenvalue weighted by atomic mass is 10.2. The van der Waals surface area contributed by atoms with E-state index in [9.17, 15) is 4.79 Å². The molecular formula is C13H17N5O2. The van der Waals surface area contributed by atoms with Gasteiger partial charge in [0.2, 0.25) is 5.91 Å². The first kappa shape index (κ1) is 14.0. The van der Waals surface area contributed by atoms with E-state index in [1.54, 1.807) is 18.0 Å². The molecule has 106 valence electrons. The number of ether oxygens (including phenoxy) is 1. The molecule has 1 amide bonds. The van der Waals surface area contributed by atoms with Gasteiger partial charge in [0.05, 0.1) is 26.4 Å². The molecular weight excluding hydrogens is 258 g/mol. The smallest absolute Gasteiger partial charge is 0.234 e. The first-order valence-electron chi connectivity index (χ1n) is 6.17. The van der Waals surface area contributed by atoms with Crippen molar-refractivity contribution < 1.29 is 9.53 Å². The van der Waals surface area contributed by atoms with Crippen LogP contribution in [0.2, 0.25) is 0 Å². The molecule has 0 fully saturated rings. The second-order valence-corrected chi connectivity index (χ2v) is 4.31. The summed E-state index contributed by atoms with van der Waals surface area (Å²) in [5, 5.41) is 10.7. The third-order valence-electron chi connectivity index (χ3n) is 2.77. The van der Waals surface area contributed by atoms with Crippen molar-refractivity contribution in [2.24, 2.45) is 5.73 Å². The van der Waals surface area contributed by atoms with Crippen LogP contribution in [-0.2, 0) is 11.3 Å². The van der Waals surface area contributed by atoms with Crippen LogP contribution in [0.1, 0.15) is 11.3 Å². The number of aryl methyl sites for hydroxylation is 1. The Balaban J connectivity index is 2.20. The third kappa shape index (κ3) is 3.12. The minimum atomic E-state index is -0.229. The lowest BCUT2D eigenvalue weighted by Gasteiger charge is -2.08. The molecule has 0 saturated heterocycles. The maximum Gasteiger partial charge on any atom is 0.234 e. The summed E-state index contributed by atoms with van der Waals surface area (Å²) in [6.45, 7) is 2.24. The summed E-state index contributed by atoms with van der Waals surface area (Å²) in [6, 6.07) is 5.79. The van der Waals surface area contributed by atoms with Crippen molar-refractivity contribution in [3.8, 4) is 11.4 Å². The van der Waals surface area contributed by atoms with Gasteiger partial charge in [-0.1, -0.05) is 11.3 Å². The van der Waals surface area contributed by atoms with E-state index in [1.165, 1.54) is 0 Å². The second kappa shape index (κ2) is 6.16. The molecule has 0 atom stereocenters. The molecule has 0 bridgehead atoms. The number of nitrogens with zero attached hydrogens (tertiary/aromatic N) is 3. The Morgan fingerprint density at radius 1 is 1.50 bits per heavy atom. The molecule has 2 aromatic rings. The monoisotopic (exact) mass is 275 g/mol. The Bertz CT molecular complexity index is 609. The zero-order valence-electron chi connectivity index (χ0n) is 11.5. The Labute approximate surface area is 116 Å². The van der Waals surface area contributed by atoms with E-state index in [2.05, 4.69) is 15.6 Å². The lowest BCUT2D eigenvalue weighted by Crippen LogP contribution is -2.29. The van der Waals surface area contributed by atoms with Crippen LogP contribution in [0.15, 0.2) is 24.4 Å². The quantitative estimate of drug-likeness (QED) is 0.810. The summed E-state index contributed by atoms with van der Waals surface area (Å²) >= 11 is 0. The van der Waals surface area contributed by atoms with Crippen LogP contribution in [0.3, 0.4) is 0 Å². The van der Waals surface area contributed by atoms with Gasteiger partial charge in [0.25, 0.3) is 0 Å². The normalized spacial score (nSPS) is 10.3. The van der Waals surface area contributed by atoms with Crippen LogP contribution in [0.4, 0.5) is 0 Å². The highest BCUT2D eigenvalue weighted by Crippen LogP contribution is 2.23. The van der Waals surface area contributed by atoms with E-state index in [1.807, 2.05) is 25.1 Å². The van der Waals surface area contributed by atoms with E-state index < -0.39 is 0 Å². The number of carbonyl (C=O) groups is 1. The van der Waals surface area contributed by atoms with Crippen LogP contribution in [0, 0.1) is 6.92 Å². The summed E-state index contributed by atoms with van der Waals surface area (Å²) in [7, 11) is 1.60. The molecule has 0 aliphatic carbocycles. The van der Waals surface area contributed by atoms with Crippen molar-refractivity contribution in [2.75, 3.05) is 13.7 Å². The van der Waals surface area contributed by atoms with Gasteiger partial charge in [-0.25, -0.2) is 4.68 Å². The summed E-state index contributed by atoms with van der Waals surface area (Å²) in [5.74, 6) is 0.478. The maximum absolute atomic E-state index is 11.1. The van der Waals surface area contributed by atoms with Crippen molar-refractivity contribution in [1.29, 1.82) is 0 Å². The summed E-state index contributed by atoms with van der Waals surface area (Å²) in [4.78, 5) is 11.1. The zero-order valence-corrected chi connectivity index (χ0v) is 11.5. The fourth-order valence-corrected chi connectivity index (χ4v) is 1.74. The minimum Gasteiger partial charge on any atom is -0.494 e. The molecule has 20 heavy (non-hydrogen) atoms. The third-order valence-corrected chi connectivity index (χ3v) is 2.77. The number of amides is 1. The van der Waals surface area contributed by atoms with Crippen LogP contribution < -0.4 is 15.8 Å². The van der Waals surface area contributed by atoms with E-state index in [-0.39, 0.29) is 12.5 Å². The molecule has 0 saturated carbocycles. The first-order chi connectivity index (χ1) is 9.63. The number of methoxy groups -OCH3 is 1. The zero-order chi connectivity index (χ0) is 14.5. The molecule has 7 heteroatoms. The highest BCUT2D eigenvalue weighted by Gasteiger charge is 2.09. The van der Waals surface area contributed by atoms with Gasteiger partial charge in [-0.3, -0.25) is 4.79 Å². The number of hydrogen-bond donors (Lipinski definition) is 2. The summed E-state index contributed by atoms with van der Waals surface area (Å²) in [5.41, 5.74) is 7.76. The molecule has 0 aliphatic rings. The Morgan fingerprint density at radius 3 is 3.00 bits per heavy atom. The van der Waals surface area contributed by atoms with Gasteiger partial charge in [-0.05, 0) is 24.6 Å². The fraction of sp³-hybridized carbons (Fsp3) is 0.308. The predicted molar refractivity (Wildman–Crippen MR) is 73.5 cm³/mol. The minimum absolute atomic E-state index is 0.0418. The highest BCUT2D eigenvalue weighted by molar-refractivity contribution is 5.77. The average molecular weight is 275 g/mol.